The molecule has 1 heterocycles. The number of para-hydroxylation sites is 1. The molecule has 0 saturated carbocycles. The molecule has 3 aromatic rings. The first kappa shape index (κ1) is 25.0. The second-order valence-corrected chi connectivity index (χ2v) is 8.21. The van der Waals surface area contributed by atoms with Crippen LogP contribution in [0.3, 0.4) is 0 Å². The Hall–Kier alpha value is -4.08. The highest BCUT2D eigenvalue weighted by Crippen LogP contribution is 2.45. The van der Waals surface area contributed by atoms with Gasteiger partial charge in [0.2, 0.25) is 0 Å². The van der Waals surface area contributed by atoms with E-state index in [0.717, 1.165) is 10.5 Å². The van der Waals surface area contributed by atoms with Crippen molar-refractivity contribution in [3.05, 3.63) is 106 Å². The largest absolute Gasteiger partial charge is 0.507 e. The summed E-state index contributed by atoms with van der Waals surface area (Å²) in [7, 11) is 0. The number of anilines is 1. The number of rotatable bonds is 3. The highest BCUT2D eigenvalue weighted by molar-refractivity contribution is 6.51. The minimum Gasteiger partial charge on any atom is -0.507 e. The van der Waals surface area contributed by atoms with Crippen molar-refractivity contribution in [3.63, 3.8) is 0 Å². The molecular formula is C26H17F6NO3. The number of alkyl halides is 6. The Kier molecular flexibility index (Phi) is 6.15. The van der Waals surface area contributed by atoms with Crippen LogP contribution in [-0.2, 0) is 21.9 Å². The molecule has 1 amide bonds. The van der Waals surface area contributed by atoms with E-state index in [1.54, 1.807) is 25.1 Å². The predicted molar refractivity (Wildman–Crippen MR) is 119 cm³/mol. The minimum atomic E-state index is -5.15. The van der Waals surface area contributed by atoms with Crippen molar-refractivity contribution in [2.45, 2.75) is 25.3 Å². The summed E-state index contributed by atoms with van der Waals surface area (Å²) >= 11 is 0. The van der Waals surface area contributed by atoms with Crippen molar-refractivity contribution in [1.82, 2.24) is 0 Å². The minimum absolute atomic E-state index is 0.0435. The molecule has 1 aliphatic heterocycles. The van der Waals surface area contributed by atoms with Crippen LogP contribution in [0.4, 0.5) is 32.0 Å². The number of hydrogen-bond donors (Lipinski definition) is 1. The zero-order valence-corrected chi connectivity index (χ0v) is 18.5. The first-order valence-corrected chi connectivity index (χ1v) is 10.5. The van der Waals surface area contributed by atoms with Gasteiger partial charge in [0.25, 0.3) is 11.7 Å². The molecule has 0 aliphatic carbocycles. The van der Waals surface area contributed by atoms with Crippen molar-refractivity contribution in [1.29, 1.82) is 0 Å². The molecule has 1 saturated heterocycles. The van der Waals surface area contributed by atoms with Crippen LogP contribution in [0.5, 0.6) is 0 Å². The summed E-state index contributed by atoms with van der Waals surface area (Å²) in [5.41, 5.74) is -3.56. The average Bonchev–Trinajstić information content (AvgIpc) is 3.08. The second-order valence-electron chi connectivity index (χ2n) is 8.21. The zero-order valence-electron chi connectivity index (χ0n) is 18.5. The summed E-state index contributed by atoms with van der Waals surface area (Å²) in [4.78, 5) is 26.9. The Bertz CT molecular complexity index is 1330. The maximum atomic E-state index is 13.6. The van der Waals surface area contributed by atoms with Gasteiger partial charge in [-0.15, -0.1) is 0 Å². The Morgan fingerprint density at radius 1 is 0.806 bits per heavy atom. The van der Waals surface area contributed by atoms with E-state index in [1.165, 1.54) is 36.4 Å². The lowest BCUT2D eigenvalue weighted by molar-refractivity contribution is -0.143. The quantitative estimate of drug-likeness (QED) is 0.188. The molecule has 0 spiro atoms. The molecule has 186 valence electrons. The van der Waals surface area contributed by atoms with Gasteiger partial charge >= 0.3 is 12.4 Å². The maximum Gasteiger partial charge on any atom is 0.416 e. The summed E-state index contributed by atoms with van der Waals surface area (Å²) < 4.78 is 81.5. The number of aryl methyl sites for hydroxylation is 1. The summed E-state index contributed by atoms with van der Waals surface area (Å²) in [6, 6.07) is 12.4. The Labute approximate surface area is 201 Å². The SMILES string of the molecule is Cc1ccc(/C(O)=C2\C(=O)C(=O)N(c3ccccc3)C2c2cc(C(F)(F)F)cc(C(F)(F)F)c2)cc1. The third kappa shape index (κ3) is 4.58. The fraction of sp³-hybridized carbons (Fsp3) is 0.154. The van der Waals surface area contributed by atoms with Crippen LogP contribution in [-0.4, -0.2) is 16.8 Å². The van der Waals surface area contributed by atoms with E-state index in [9.17, 15) is 41.0 Å². The van der Waals surface area contributed by atoms with E-state index < -0.39 is 58.1 Å². The number of nitrogens with zero attached hydrogens (tertiary/aromatic N) is 1. The molecule has 1 unspecified atom stereocenters. The summed E-state index contributed by atoms with van der Waals surface area (Å²) in [5, 5.41) is 11.0. The number of benzene rings is 3. The number of aliphatic hydroxyl groups is 1. The van der Waals surface area contributed by atoms with Crippen molar-refractivity contribution in [2.24, 2.45) is 0 Å². The monoisotopic (exact) mass is 505 g/mol. The number of carbonyl (C=O) groups is 2. The number of halogens is 6. The molecule has 1 fully saturated rings. The molecule has 4 rings (SSSR count). The zero-order chi connectivity index (χ0) is 26.4. The molecule has 1 N–H and O–H groups in total. The second kappa shape index (κ2) is 8.85. The molecule has 4 nitrogen and oxygen atoms in total. The lowest BCUT2D eigenvalue weighted by Crippen LogP contribution is -2.29. The van der Waals surface area contributed by atoms with Gasteiger partial charge < -0.3 is 5.11 Å². The van der Waals surface area contributed by atoms with Crippen LogP contribution in [0.2, 0.25) is 0 Å². The van der Waals surface area contributed by atoms with Gasteiger partial charge in [0.1, 0.15) is 5.76 Å². The normalized spacial score (nSPS) is 18.1. The van der Waals surface area contributed by atoms with E-state index in [2.05, 4.69) is 0 Å². The standard InChI is InChI=1S/C26H17F6NO3/c1-14-7-9-15(10-8-14)22(34)20-21(33(24(36)23(20)35)19-5-3-2-4-6-19)16-11-17(25(27,28)29)13-18(12-16)26(30,31)32/h2-13,21,34H,1H3/b22-20+. The molecule has 0 radical (unpaired) electrons. The lowest BCUT2D eigenvalue weighted by atomic mass is 9.92. The topological polar surface area (TPSA) is 57.6 Å². The number of carbonyl (C=O) groups excluding carboxylic acids is 2. The molecule has 1 atom stereocenters. The van der Waals surface area contributed by atoms with Gasteiger partial charge in [-0.05, 0) is 42.8 Å². The van der Waals surface area contributed by atoms with Gasteiger partial charge in [-0.2, -0.15) is 26.3 Å². The Morgan fingerprint density at radius 3 is 1.83 bits per heavy atom. The van der Waals surface area contributed by atoms with E-state index in [1.807, 2.05) is 0 Å². The molecule has 10 heteroatoms. The van der Waals surface area contributed by atoms with Crippen molar-refractivity contribution >= 4 is 23.1 Å². The summed E-state index contributed by atoms with van der Waals surface area (Å²) in [6.07, 6.45) is -10.3. The molecule has 36 heavy (non-hydrogen) atoms. The average molecular weight is 505 g/mol. The molecule has 0 bridgehead atoms. The van der Waals surface area contributed by atoms with Crippen LogP contribution in [0.1, 0.15) is 33.9 Å². The molecular weight excluding hydrogens is 488 g/mol. The van der Waals surface area contributed by atoms with E-state index in [-0.39, 0.29) is 17.3 Å². The van der Waals surface area contributed by atoms with Crippen LogP contribution in [0.25, 0.3) is 5.76 Å². The van der Waals surface area contributed by atoms with Crippen molar-refractivity contribution < 1.29 is 41.0 Å². The van der Waals surface area contributed by atoms with E-state index in [4.69, 9.17) is 0 Å². The van der Waals surface area contributed by atoms with Crippen molar-refractivity contribution in [2.75, 3.05) is 4.90 Å². The lowest BCUT2D eigenvalue weighted by Gasteiger charge is -2.27. The van der Waals surface area contributed by atoms with Crippen LogP contribution in [0, 0.1) is 6.92 Å². The van der Waals surface area contributed by atoms with Crippen molar-refractivity contribution in [3.8, 4) is 0 Å². The first-order chi connectivity index (χ1) is 16.8. The number of ketones is 1. The van der Waals surface area contributed by atoms with Gasteiger partial charge in [-0.1, -0.05) is 48.0 Å². The van der Waals surface area contributed by atoms with Gasteiger partial charge in [0, 0.05) is 11.3 Å². The predicted octanol–water partition coefficient (Wildman–Crippen LogP) is 6.66. The van der Waals surface area contributed by atoms with Crippen LogP contribution >= 0.6 is 0 Å². The number of aliphatic hydroxyl groups excluding tert-OH is 1. The summed E-state index contributed by atoms with van der Waals surface area (Å²) in [6.45, 7) is 1.75. The van der Waals surface area contributed by atoms with Gasteiger partial charge in [-0.3, -0.25) is 14.5 Å². The smallest absolute Gasteiger partial charge is 0.416 e. The molecule has 0 aromatic heterocycles. The molecule has 3 aromatic carbocycles. The number of hydrogen-bond acceptors (Lipinski definition) is 3. The van der Waals surface area contributed by atoms with E-state index in [0.29, 0.717) is 12.1 Å². The fourth-order valence-electron chi connectivity index (χ4n) is 4.01. The molecule has 1 aliphatic rings. The Morgan fingerprint density at radius 2 is 1.33 bits per heavy atom. The highest BCUT2D eigenvalue weighted by Gasteiger charge is 2.48. The van der Waals surface area contributed by atoms with Gasteiger partial charge in [0.15, 0.2) is 0 Å². The number of amides is 1. The van der Waals surface area contributed by atoms with Gasteiger partial charge in [0.05, 0.1) is 22.7 Å². The fourth-order valence-corrected chi connectivity index (χ4v) is 4.01. The first-order valence-electron chi connectivity index (χ1n) is 10.5. The van der Waals surface area contributed by atoms with Crippen LogP contribution < -0.4 is 4.90 Å². The third-order valence-electron chi connectivity index (χ3n) is 5.73. The Balaban J connectivity index is 2.04. The maximum absolute atomic E-state index is 13.6. The summed E-state index contributed by atoms with van der Waals surface area (Å²) in [5.74, 6) is -3.17. The van der Waals surface area contributed by atoms with Gasteiger partial charge in [-0.25, -0.2) is 0 Å². The van der Waals surface area contributed by atoms with E-state index >= 15 is 0 Å². The van der Waals surface area contributed by atoms with Crippen LogP contribution in [0.15, 0.2) is 78.4 Å². The third-order valence-corrected chi connectivity index (χ3v) is 5.73. The number of Topliss-reactive ketones (excluding diaryl/α,β-unsaturated/α-hetero) is 1. The highest BCUT2D eigenvalue weighted by atomic mass is 19.4.